The molecule has 18 heavy (non-hydrogen) atoms. The molecule has 1 aliphatic carbocycles. The molecule has 0 aromatic heterocycles. The van der Waals surface area contributed by atoms with Gasteiger partial charge in [-0.1, -0.05) is 18.2 Å². The lowest BCUT2D eigenvalue weighted by Crippen LogP contribution is -2.13. The van der Waals surface area contributed by atoms with E-state index in [0.717, 1.165) is 42.5 Å². The van der Waals surface area contributed by atoms with Gasteiger partial charge in [0.2, 0.25) is 0 Å². The molecule has 1 atom stereocenters. The Morgan fingerprint density at radius 2 is 1.83 bits per heavy atom. The van der Waals surface area contributed by atoms with Crippen LogP contribution in [0.3, 0.4) is 0 Å². The summed E-state index contributed by atoms with van der Waals surface area (Å²) in [6, 6.07) is 5.36. The van der Waals surface area contributed by atoms with Crippen LogP contribution in [0.5, 0.6) is 0 Å². The Morgan fingerprint density at radius 3 is 2.28 bits per heavy atom. The number of alkyl halides is 3. The minimum Gasteiger partial charge on any atom is -0.381 e. The Morgan fingerprint density at radius 1 is 1.17 bits per heavy atom. The monoisotopic (exact) mass is 256 g/mol. The van der Waals surface area contributed by atoms with E-state index in [1.807, 2.05) is 0 Å². The summed E-state index contributed by atoms with van der Waals surface area (Å²) in [5, 5.41) is 0. The van der Waals surface area contributed by atoms with Gasteiger partial charge in [-0.2, -0.15) is 13.2 Å². The first-order valence-electron chi connectivity index (χ1n) is 5.90. The highest BCUT2D eigenvalue weighted by Gasteiger charge is 2.30. The van der Waals surface area contributed by atoms with E-state index in [0.29, 0.717) is 0 Å². The Kier molecular flexibility index (Phi) is 3.76. The molecule has 0 fully saturated rings. The highest BCUT2D eigenvalue weighted by Crippen LogP contribution is 2.32. The van der Waals surface area contributed by atoms with Gasteiger partial charge in [0.05, 0.1) is 11.7 Å². The summed E-state index contributed by atoms with van der Waals surface area (Å²) in [6.45, 7) is 0. The van der Waals surface area contributed by atoms with E-state index in [9.17, 15) is 13.2 Å². The highest BCUT2D eigenvalue weighted by molar-refractivity contribution is 5.66. The summed E-state index contributed by atoms with van der Waals surface area (Å²) < 4.78 is 42.5. The van der Waals surface area contributed by atoms with E-state index >= 15 is 0 Å². The molecule has 1 aromatic rings. The Hall–Kier alpha value is -1.29. The van der Waals surface area contributed by atoms with E-state index in [-0.39, 0.29) is 6.10 Å². The first-order valence-corrected chi connectivity index (χ1v) is 5.90. The molecule has 4 heteroatoms. The van der Waals surface area contributed by atoms with E-state index in [1.165, 1.54) is 0 Å². The van der Waals surface area contributed by atoms with Crippen LogP contribution in [-0.2, 0) is 10.9 Å². The van der Waals surface area contributed by atoms with Crippen LogP contribution in [0.15, 0.2) is 30.3 Å². The fraction of sp³-hybridized carbons (Fsp3) is 0.429. The highest BCUT2D eigenvalue weighted by atomic mass is 19.4. The van der Waals surface area contributed by atoms with Gasteiger partial charge in [0.25, 0.3) is 0 Å². The summed E-state index contributed by atoms with van der Waals surface area (Å²) in [7, 11) is 1.68. The second-order valence-corrected chi connectivity index (χ2v) is 4.44. The van der Waals surface area contributed by atoms with Crippen LogP contribution in [0.2, 0.25) is 0 Å². The van der Waals surface area contributed by atoms with Gasteiger partial charge in [-0.05, 0) is 42.5 Å². The van der Waals surface area contributed by atoms with E-state index in [1.54, 1.807) is 19.2 Å². The number of halogens is 3. The fourth-order valence-corrected chi connectivity index (χ4v) is 2.16. The van der Waals surface area contributed by atoms with E-state index in [4.69, 9.17) is 4.74 Å². The second-order valence-electron chi connectivity index (χ2n) is 4.44. The lowest BCUT2D eigenvalue weighted by Gasteiger charge is -2.21. The maximum atomic E-state index is 12.4. The zero-order chi connectivity index (χ0) is 13.2. The molecule has 0 aliphatic heterocycles. The number of benzene rings is 1. The number of hydrogen-bond donors (Lipinski definition) is 0. The molecular formula is C14H15F3O. The average Bonchev–Trinajstić information content (AvgIpc) is 2.38. The Balaban J connectivity index is 2.14. The maximum absolute atomic E-state index is 12.4. The van der Waals surface area contributed by atoms with Crippen molar-refractivity contribution in [1.29, 1.82) is 0 Å². The van der Waals surface area contributed by atoms with Crippen molar-refractivity contribution in [2.24, 2.45) is 0 Å². The van der Waals surface area contributed by atoms with Crippen LogP contribution in [0.4, 0.5) is 13.2 Å². The summed E-state index contributed by atoms with van der Waals surface area (Å²) in [5.41, 5.74) is 1.38. The van der Waals surface area contributed by atoms with Crippen LogP contribution >= 0.6 is 0 Å². The topological polar surface area (TPSA) is 9.23 Å². The number of rotatable bonds is 2. The SMILES string of the molecule is CO[C@@H]1CC=C(c2ccc(C(F)(F)F)cc2)CC1. The summed E-state index contributed by atoms with van der Waals surface area (Å²) in [4.78, 5) is 0. The minimum atomic E-state index is -4.26. The Bertz CT molecular complexity index is 431. The molecule has 0 N–H and O–H groups in total. The molecule has 1 nitrogen and oxygen atoms in total. The van der Waals surface area contributed by atoms with Crippen molar-refractivity contribution in [2.75, 3.05) is 7.11 Å². The third kappa shape index (κ3) is 2.93. The molecular weight excluding hydrogens is 241 g/mol. The van der Waals surface area contributed by atoms with Gasteiger partial charge in [-0.25, -0.2) is 0 Å². The van der Waals surface area contributed by atoms with Gasteiger partial charge in [0, 0.05) is 7.11 Å². The summed E-state index contributed by atoms with van der Waals surface area (Å²) in [6.07, 6.45) is 0.629. The predicted molar refractivity (Wildman–Crippen MR) is 64.1 cm³/mol. The molecule has 2 rings (SSSR count). The van der Waals surface area contributed by atoms with Crippen LogP contribution in [0.25, 0.3) is 5.57 Å². The zero-order valence-electron chi connectivity index (χ0n) is 10.1. The molecule has 0 bridgehead atoms. The third-order valence-corrected chi connectivity index (χ3v) is 3.28. The van der Waals surface area contributed by atoms with Crippen LogP contribution in [-0.4, -0.2) is 13.2 Å². The second kappa shape index (κ2) is 5.14. The smallest absolute Gasteiger partial charge is 0.381 e. The van der Waals surface area contributed by atoms with E-state index < -0.39 is 11.7 Å². The lowest BCUT2D eigenvalue weighted by atomic mass is 9.91. The molecule has 0 amide bonds. The van der Waals surface area contributed by atoms with Crippen molar-refractivity contribution >= 4 is 5.57 Å². The maximum Gasteiger partial charge on any atom is 0.416 e. The molecule has 0 radical (unpaired) electrons. The summed E-state index contributed by atoms with van der Waals surface area (Å²) in [5.74, 6) is 0. The quantitative estimate of drug-likeness (QED) is 0.767. The molecule has 0 saturated carbocycles. The van der Waals surface area contributed by atoms with Crippen molar-refractivity contribution in [3.8, 4) is 0 Å². The van der Waals surface area contributed by atoms with Gasteiger partial charge in [0.1, 0.15) is 0 Å². The van der Waals surface area contributed by atoms with E-state index in [2.05, 4.69) is 6.08 Å². The first kappa shape index (κ1) is 13.1. The van der Waals surface area contributed by atoms with Gasteiger partial charge in [-0.15, -0.1) is 0 Å². The number of hydrogen-bond acceptors (Lipinski definition) is 1. The van der Waals surface area contributed by atoms with Crippen LogP contribution in [0, 0.1) is 0 Å². The molecule has 98 valence electrons. The van der Waals surface area contributed by atoms with Crippen LogP contribution in [0.1, 0.15) is 30.4 Å². The summed E-state index contributed by atoms with van der Waals surface area (Å²) >= 11 is 0. The standard InChI is InChI=1S/C14H15F3O/c1-18-13-8-4-11(5-9-13)10-2-6-12(7-3-10)14(15,16)17/h2-4,6-7,13H,5,8-9H2,1H3/t13-/m1/s1. The van der Waals surface area contributed by atoms with Crippen molar-refractivity contribution in [3.05, 3.63) is 41.5 Å². The van der Waals surface area contributed by atoms with Gasteiger partial charge in [-0.3, -0.25) is 0 Å². The van der Waals surface area contributed by atoms with Gasteiger partial charge < -0.3 is 4.74 Å². The largest absolute Gasteiger partial charge is 0.416 e. The average molecular weight is 256 g/mol. The third-order valence-electron chi connectivity index (χ3n) is 3.28. The molecule has 0 spiro atoms. The molecule has 0 heterocycles. The van der Waals surface area contributed by atoms with Crippen molar-refractivity contribution in [1.82, 2.24) is 0 Å². The minimum absolute atomic E-state index is 0.239. The number of methoxy groups -OCH3 is 1. The predicted octanol–water partition coefficient (Wildman–Crippen LogP) is 4.29. The van der Waals surface area contributed by atoms with Gasteiger partial charge in [0.15, 0.2) is 0 Å². The van der Waals surface area contributed by atoms with Crippen LogP contribution < -0.4 is 0 Å². The van der Waals surface area contributed by atoms with Gasteiger partial charge >= 0.3 is 6.18 Å². The molecule has 1 aromatic carbocycles. The number of allylic oxidation sites excluding steroid dienone is 1. The Labute approximate surface area is 104 Å². The van der Waals surface area contributed by atoms with Crippen molar-refractivity contribution in [3.63, 3.8) is 0 Å². The lowest BCUT2D eigenvalue weighted by molar-refractivity contribution is -0.137. The molecule has 0 saturated heterocycles. The first-order chi connectivity index (χ1) is 8.50. The van der Waals surface area contributed by atoms with Crippen molar-refractivity contribution < 1.29 is 17.9 Å². The normalized spacial score (nSPS) is 20.7. The molecule has 0 unspecified atom stereocenters. The zero-order valence-corrected chi connectivity index (χ0v) is 10.1. The molecule has 1 aliphatic rings. The fourth-order valence-electron chi connectivity index (χ4n) is 2.16. The van der Waals surface area contributed by atoms with Crippen molar-refractivity contribution in [2.45, 2.75) is 31.5 Å². The number of ether oxygens (including phenoxy) is 1.